The predicted octanol–water partition coefficient (Wildman–Crippen LogP) is 2.79. The van der Waals surface area contributed by atoms with Gasteiger partial charge in [0.05, 0.1) is 6.33 Å². The molecular formula is C20H32N4O2. The molecule has 26 heavy (non-hydrogen) atoms. The number of hydrogen-bond donors (Lipinski definition) is 2. The van der Waals surface area contributed by atoms with E-state index in [1.54, 1.807) is 6.20 Å². The maximum Gasteiger partial charge on any atom is 0.220 e. The van der Waals surface area contributed by atoms with E-state index in [9.17, 15) is 9.59 Å². The van der Waals surface area contributed by atoms with Crippen LogP contribution in [0.3, 0.4) is 0 Å². The topological polar surface area (TPSA) is 76.0 Å². The first-order valence-corrected chi connectivity index (χ1v) is 10.2. The highest BCUT2D eigenvalue weighted by atomic mass is 16.2. The van der Waals surface area contributed by atoms with Crippen LogP contribution in [-0.2, 0) is 16.1 Å². The quantitative estimate of drug-likeness (QED) is 0.748. The molecule has 144 valence electrons. The van der Waals surface area contributed by atoms with E-state index in [0.29, 0.717) is 12.6 Å². The Balaban J connectivity index is 1.31. The van der Waals surface area contributed by atoms with Gasteiger partial charge in [-0.2, -0.15) is 0 Å². The van der Waals surface area contributed by atoms with Crippen LogP contribution in [0.1, 0.15) is 70.6 Å². The molecule has 0 bridgehead atoms. The Labute approximate surface area is 156 Å². The lowest BCUT2D eigenvalue weighted by Crippen LogP contribution is -2.37. The number of aromatic nitrogens is 2. The summed E-state index contributed by atoms with van der Waals surface area (Å²) in [7, 11) is 0. The van der Waals surface area contributed by atoms with Gasteiger partial charge in [0.2, 0.25) is 11.8 Å². The molecule has 0 aromatic carbocycles. The van der Waals surface area contributed by atoms with Crippen molar-refractivity contribution in [2.75, 3.05) is 6.54 Å². The number of nitrogens with zero attached hydrogens (tertiary/aromatic N) is 2. The zero-order valence-corrected chi connectivity index (χ0v) is 15.7. The molecule has 2 N–H and O–H groups in total. The third-order valence-corrected chi connectivity index (χ3v) is 5.74. The summed E-state index contributed by atoms with van der Waals surface area (Å²) in [5, 5.41) is 6.15. The molecule has 2 amide bonds. The molecule has 0 radical (unpaired) electrons. The second kappa shape index (κ2) is 9.19. The van der Waals surface area contributed by atoms with Crippen molar-refractivity contribution in [2.45, 2.75) is 83.2 Å². The number of imidazole rings is 1. The lowest BCUT2D eigenvalue weighted by atomic mass is 9.96. The molecule has 0 atom stereocenters. The molecule has 1 aromatic heterocycles. The summed E-state index contributed by atoms with van der Waals surface area (Å²) in [5.41, 5.74) is 0.178. The van der Waals surface area contributed by atoms with Crippen molar-refractivity contribution in [2.24, 2.45) is 5.41 Å². The lowest BCUT2D eigenvalue weighted by Gasteiger charge is -2.21. The first kappa shape index (κ1) is 18.9. The van der Waals surface area contributed by atoms with Crippen LogP contribution in [0, 0.1) is 5.41 Å². The Bertz CT molecular complexity index is 573. The minimum atomic E-state index is -0.0188. The highest BCUT2D eigenvalue weighted by Crippen LogP contribution is 2.46. The summed E-state index contributed by atoms with van der Waals surface area (Å²) in [5.74, 6) is -0.00000308. The maximum absolute atomic E-state index is 12.1. The average molecular weight is 361 g/mol. The monoisotopic (exact) mass is 360 g/mol. The minimum absolute atomic E-state index is 0.0188. The number of amides is 2. The van der Waals surface area contributed by atoms with Gasteiger partial charge in [-0.1, -0.05) is 32.1 Å². The molecule has 3 rings (SSSR count). The van der Waals surface area contributed by atoms with Crippen molar-refractivity contribution in [1.29, 1.82) is 0 Å². The molecule has 0 spiro atoms. The number of carbonyl (C=O) groups is 2. The van der Waals surface area contributed by atoms with Gasteiger partial charge in [-0.05, 0) is 25.7 Å². The molecule has 6 heteroatoms. The third kappa shape index (κ3) is 6.15. The fourth-order valence-electron chi connectivity index (χ4n) is 3.84. The Morgan fingerprint density at radius 2 is 1.73 bits per heavy atom. The number of rotatable bonds is 8. The molecule has 0 saturated heterocycles. The van der Waals surface area contributed by atoms with E-state index in [1.807, 2.05) is 12.5 Å². The second-order valence-corrected chi connectivity index (χ2v) is 8.12. The number of hydrogen-bond acceptors (Lipinski definition) is 3. The predicted molar refractivity (Wildman–Crippen MR) is 100 cm³/mol. The number of carbonyl (C=O) groups excluding carboxylic acids is 2. The fourth-order valence-corrected chi connectivity index (χ4v) is 3.84. The van der Waals surface area contributed by atoms with Gasteiger partial charge in [0.15, 0.2) is 0 Å². The Kier molecular flexibility index (Phi) is 6.69. The van der Waals surface area contributed by atoms with Crippen LogP contribution in [-0.4, -0.2) is 34.0 Å². The van der Waals surface area contributed by atoms with Gasteiger partial charge >= 0.3 is 0 Å². The van der Waals surface area contributed by atoms with Gasteiger partial charge < -0.3 is 15.2 Å². The van der Waals surface area contributed by atoms with Crippen molar-refractivity contribution in [3.63, 3.8) is 0 Å². The molecule has 0 unspecified atom stereocenters. The van der Waals surface area contributed by atoms with Gasteiger partial charge in [0.1, 0.15) is 0 Å². The van der Waals surface area contributed by atoms with Crippen molar-refractivity contribution in [3.05, 3.63) is 18.7 Å². The van der Waals surface area contributed by atoms with E-state index in [-0.39, 0.29) is 30.1 Å². The van der Waals surface area contributed by atoms with Crippen molar-refractivity contribution < 1.29 is 9.59 Å². The van der Waals surface area contributed by atoms with E-state index >= 15 is 0 Å². The van der Waals surface area contributed by atoms with Gasteiger partial charge in [0.25, 0.3) is 0 Å². The first-order valence-electron chi connectivity index (χ1n) is 10.2. The lowest BCUT2D eigenvalue weighted by molar-refractivity contribution is -0.127. The summed E-state index contributed by atoms with van der Waals surface area (Å²) in [6.45, 7) is 1.59. The van der Waals surface area contributed by atoms with Crippen molar-refractivity contribution in [3.8, 4) is 0 Å². The summed E-state index contributed by atoms with van der Waals surface area (Å²) < 4.78 is 2.07. The molecular weight excluding hydrogens is 328 g/mol. The Hall–Kier alpha value is -1.85. The minimum Gasteiger partial charge on any atom is -0.355 e. The fraction of sp³-hybridized carbons (Fsp3) is 0.750. The van der Waals surface area contributed by atoms with Crippen molar-refractivity contribution >= 4 is 11.8 Å². The summed E-state index contributed by atoms with van der Waals surface area (Å²) >= 11 is 0. The largest absolute Gasteiger partial charge is 0.355 e. The van der Waals surface area contributed by atoms with Gasteiger partial charge in [0, 0.05) is 49.8 Å². The van der Waals surface area contributed by atoms with Crippen LogP contribution >= 0.6 is 0 Å². The van der Waals surface area contributed by atoms with E-state index in [4.69, 9.17) is 0 Å². The standard InChI is InChI=1S/C20H32N4O2/c25-18(22-14-20(10-11-20)15-24-13-12-21-16-24)8-9-19(26)23-17-6-4-2-1-3-5-7-17/h12-13,16-17H,1-11,14-15H2,(H,22,25)(H,23,26). The Morgan fingerprint density at radius 3 is 2.38 bits per heavy atom. The van der Waals surface area contributed by atoms with Crippen LogP contribution in [0.25, 0.3) is 0 Å². The molecule has 1 aromatic rings. The highest BCUT2D eigenvalue weighted by Gasteiger charge is 2.42. The number of nitrogens with one attached hydrogen (secondary N) is 2. The SMILES string of the molecule is O=C(CCC(=O)NC1CCCCCCC1)NCC1(Cn2ccnc2)CC1. The maximum atomic E-state index is 12.1. The third-order valence-electron chi connectivity index (χ3n) is 5.74. The molecule has 0 aliphatic heterocycles. The molecule has 6 nitrogen and oxygen atoms in total. The van der Waals surface area contributed by atoms with Crippen molar-refractivity contribution in [1.82, 2.24) is 20.2 Å². The molecule has 2 fully saturated rings. The summed E-state index contributed by atoms with van der Waals surface area (Å²) in [6.07, 6.45) is 16.8. The summed E-state index contributed by atoms with van der Waals surface area (Å²) in [6, 6.07) is 0.302. The average Bonchev–Trinajstić information content (AvgIpc) is 3.17. The summed E-state index contributed by atoms with van der Waals surface area (Å²) in [4.78, 5) is 28.3. The van der Waals surface area contributed by atoms with Crippen LogP contribution < -0.4 is 10.6 Å². The zero-order valence-electron chi connectivity index (χ0n) is 15.7. The van der Waals surface area contributed by atoms with E-state index in [2.05, 4.69) is 20.2 Å². The van der Waals surface area contributed by atoms with Gasteiger partial charge in [-0.3, -0.25) is 9.59 Å². The van der Waals surface area contributed by atoms with Crippen LogP contribution in [0.15, 0.2) is 18.7 Å². The molecule has 2 aliphatic carbocycles. The smallest absolute Gasteiger partial charge is 0.220 e. The molecule has 2 saturated carbocycles. The van der Waals surface area contributed by atoms with Gasteiger partial charge in [-0.25, -0.2) is 4.98 Å². The highest BCUT2D eigenvalue weighted by molar-refractivity contribution is 5.83. The molecule has 2 aliphatic rings. The van der Waals surface area contributed by atoms with Crippen LogP contribution in [0.5, 0.6) is 0 Å². The Morgan fingerprint density at radius 1 is 1.04 bits per heavy atom. The van der Waals surface area contributed by atoms with Crippen LogP contribution in [0.2, 0.25) is 0 Å². The van der Waals surface area contributed by atoms with E-state index < -0.39 is 0 Å². The molecule has 1 heterocycles. The van der Waals surface area contributed by atoms with E-state index in [0.717, 1.165) is 32.2 Å². The normalized spacial score (nSPS) is 20.0. The van der Waals surface area contributed by atoms with Crippen LogP contribution in [0.4, 0.5) is 0 Å². The van der Waals surface area contributed by atoms with Gasteiger partial charge in [-0.15, -0.1) is 0 Å². The zero-order chi connectivity index (χ0) is 18.2. The van der Waals surface area contributed by atoms with E-state index in [1.165, 1.54) is 32.1 Å². The second-order valence-electron chi connectivity index (χ2n) is 8.12. The first-order chi connectivity index (χ1) is 12.7.